The molecule has 0 bridgehead atoms. The topological polar surface area (TPSA) is 92.8 Å². The van der Waals surface area contributed by atoms with E-state index in [1.165, 1.54) is 24.1 Å². The van der Waals surface area contributed by atoms with Crippen molar-refractivity contribution in [1.29, 1.82) is 0 Å². The van der Waals surface area contributed by atoms with Gasteiger partial charge in [-0.1, -0.05) is 0 Å². The smallest absolute Gasteiger partial charge is 0.406 e. The van der Waals surface area contributed by atoms with Crippen molar-refractivity contribution in [2.75, 3.05) is 25.9 Å². The maximum Gasteiger partial charge on any atom is 0.573 e. The molecule has 150 valence electrons. The van der Waals surface area contributed by atoms with Gasteiger partial charge in [-0.25, -0.2) is 8.42 Å². The monoisotopic (exact) mass is 408 g/mol. The SMILES string of the molecule is CNC(=O)CS(=O)(=O)C1CCN(C(=O)c2ccc(OC(F)(F)F)cc2)CC1. The van der Waals surface area contributed by atoms with Crippen LogP contribution in [0.1, 0.15) is 23.2 Å². The number of hydrogen-bond acceptors (Lipinski definition) is 5. The van der Waals surface area contributed by atoms with E-state index >= 15 is 0 Å². The summed E-state index contributed by atoms with van der Waals surface area (Å²) in [6.45, 7) is 0.356. The predicted molar refractivity (Wildman–Crippen MR) is 89.9 cm³/mol. The molecule has 1 saturated heterocycles. The summed E-state index contributed by atoms with van der Waals surface area (Å²) in [5, 5.41) is 1.56. The molecular weight excluding hydrogens is 389 g/mol. The number of sulfone groups is 1. The molecule has 27 heavy (non-hydrogen) atoms. The lowest BCUT2D eigenvalue weighted by atomic mass is 10.1. The molecule has 2 amide bonds. The molecule has 1 aromatic carbocycles. The van der Waals surface area contributed by atoms with Gasteiger partial charge in [0.05, 0.1) is 5.25 Å². The molecule has 1 N–H and O–H groups in total. The number of rotatable bonds is 5. The Hall–Kier alpha value is -2.30. The molecule has 1 heterocycles. The van der Waals surface area contributed by atoms with Gasteiger partial charge in [-0.3, -0.25) is 9.59 Å². The summed E-state index contributed by atoms with van der Waals surface area (Å²) in [6.07, 6.45) is -4.42. The van der Waals surface area contributed by atoms with Crippen LogP contribution in [0.4, 0.5) is 13.2 Å². The summed E-state index contributed by atoms with van der Waals surface area (Å²) >= 11 is 0. The van der Waals surface area contributed by atoms with Gasteiger partial charge in [0.2, 0.25) is 5.91 Å². The fourth-order valence-corrected chi connectivity index (χ4v) is 4.45. The first kappa shape index (κ1) is 21.0. The van der Waals surface area contributed by atoms with Crippen molar-refractivity contribution in [3.05, 3.63) is 29.8 Å². The summed E-state index contributed by atoms with van der Waals surface area (Å²) in [4.78, 5) is 25.2. The van der Waals surface area contributed by atoms with Crippen molar-refractivity contribution in [2.24, 2.45) is 0 Å². The summed E-state index contributed by atoms with van der Waals surface area (Å²) in [6, 6.07) is 4.53. The Kier molecular flexibility index (Phi) is 6.34. The van der Waals surface area contributed by atoms with E-state index in [1.807, 2.05) is 0 Å². The predicted octanol–water partition coefficient (Wildman–Crippen LogP) is 1.35. The molecule has 2 rings (SSSR count). The zero-order chi connectivity index (χ0) is 20.2. The first-order valence-corrected chi connectivity index (χ1v) is 9.80. The molecular formula is C16H19F3N2O5S. The molecule has 1 aliphatic rings. The Bertz CT molecular complexity index is 785. The van der Waals surface area contributed by atoms with Crippen LogP contribution in [0.15, 0.2) is 24.3 Å². The van der Waals surface area contributed by atoms with E-state index in [1.54, 1.807) is 0 Å². The third-order valence-electron chi connectivity index (χ3n) is 4.18. The van der Waals surface area contributed by atoms with Crippen LogP contribution in [-0.4, -0.2) is 62.6 Å². The number of nitrogens with zero attached hydrogens (tertiary/aromatic N) is 1. The highest BCUT2D eigenvalue weighted by atomic mass is 32.2. The van der Waals surface area contributed by atoms with E-state index in [4.69, 9.17) is 0 Å². The molecule has 0 aliphatic carbocycles. The highest BCUT2D eigenvalue weighted by Gasteiger charge is 2.33. The van der Waals surface area contributed by atoms with Crippen LogP contribution >= 0.6 is 0 Å². The van der Waals surface area contributed by atoms with Gasteiger partial charge >= 0.3 is 6.36 Å². The van der Waals surface area contributed by atoms with Crippen molar-refractivity contribution in [1.82, 2.24) is 10.2 Å². The van der Waals surface area contributed by atoms with Gasteiger partial charge in [0.15, 0.2) is 9.84 Å². The average molecular weight is 408 g/mol. The van der Waals surface area contributed by atoms with Crippen LogP contribution in [0.2, 0.25) is 0 Å². The van der Waals surface area contributed by atoms with Crippen molar-refractivity contribution in [3.8, 4) is 5.75 Å². The first-order valence-electron chi connectivity index (χ1n) is 8.09. The Balaban J connectivity index is 1.95. The van der Waals surface area contributed by atoms with E-state index in [0.717, 1.165) is 12.1 Å². The molecule has 0 radical (unpaired) electrons. The number of hydrogen-bond donors (Lipinski definition) is 1. The quantitative estimate of drug-likeness (QED) is 0.794. The lowest BCUT2D eigenvalue weighted by Gasteiger charge is -2.31. The number of carbonyl (C=O) groups is 2. The number of halogens is 3. The molecule has 0 atom stereocenters. The molecule has 1 aromatic rings. The lowest BCUT2D eigenvalue weighted by Crippen LogP contribution is -2.44. The molecule has 1 aliphatic heterocycles. The Morgan fingerprint density at radius 1 is 1.19 bits per heavy atom. The van der Waals surface area contributed by atoms with Gasteiger partial charge in [0.1, 0.15) is 11.5 Å². The minimum absolute atomic E-state index is 0.177. The minimum Gasteiger partial charge on any atom is -0.406 e. The molecule has 0 aromatic heterocycles. The zero-order valence-electron chi connectivity index (χ0n) is 14.5. The standard InChI is InChI=1S/C16H19F3N2O5S/c1-20-14(22)10-27(24,25)13-6-8-21(9-7-13)15(23)11-2-4-12(5-3-11)26-16(17,18)19/h2-5,13H,6-10H2,1H3,(H,20,22). The summed E-state index contributed by atoms with van der Waals surface area (Å²) in [5.41, 5.74) is 0.177. The van der Waals surface area contributed by atoms with Crippen LogP contribution in [0.5, 0.6) is 5.75 Å². The van der Waals surface area contributed by atoms with Crippen molar-refractivity contribution in [2.45, 2.75) is 24.5 Å². The number of carbonyl (C=O) groups excluding carboxylic acids is 2. The fraction of sp³-hybridized carbons (Fsp3) is 0.500. The van der Waals surface area contributed by atoms with E-state index in [2.05, 4.69) is 10.1 Å². The Morgan fingerprint density at radius 3 is 2.22 bits per heavy atom. The Labute approximate surface area is 154 Å². The van der Waals surface area contributed by atoms with Gasteiger partial charge in [0.25, 0.3) is 5.91 Å². The molecule has 7 nitrogen and oxygen atoms in total. The number of amides is 2. The Morgan fingerprint density at radius 2 is 1.74 bits per heavy atom. The molecule has 0 spiro atoms. The maximum absolute atomic E-state index is 12.4. The fourth-order valence-electron chi connectivity index (χ4n) is 2.77. The minimum atomic E-state index is -4.81. The second kappa shape index (κ2) is 8.15. The van der Waals surface area contributed by atoms with E-state index in [-0.39, 0.29) is 31.5 Å². The lowest BCUT2D eigenvalue weighted by molar-refractivity contribution is -0.274. The second-order valence-corrected chi connectivity index (χ2v) is 8.33. The van der Waals surface area contributed by atoms with Crippen molar-refractivity contribution < 1.29 is 35.9 Å². The summed E-state index contributed by atoms with van der Waals surface area (Å²) in [5.74, 6) is -2.02. The number of likely N-dealkylation sites (tertiary alicyclic amines) is 1. The average Bonchev–Trinajstić information content (AvgIpc) is 2.60. The van der Waals surface area contributed by atoms with Gasteiger partial charge in [-0.2, -0.15) is 0 Å². The van der Waals surface area contributed by atoms with Crippen molar-refractivity contribution in [3.63, 3.8) is 0 Å². The van der Waals surface area contributed by atoms with Gasteiger partial charge in [-0.15, -0.1) is 13.2 Å². The van der Waals surface area contributed by atoms with E-state index < -0.39 is 44.8 Å². The van der Waals surface area contributed by atoms with Gasteiger partial charge in [-0.05, 0) is 37.1 Å². The third-order valence-corrected chi connectivity index (χ3v) is 6.33. The highest BCUT2D eigenvalue weighted by Crippen LogP contribution is 2.24. The van der Waals surface area contributed by atoms with Crippen LogP contribution < -0.4 is 10.1 Å². The van der Waals surface area contributed by atoms with Crippen LogP contribution in [0.25, 0.3) is 0 Å². The highest BCUT2D eigenvalue weighted by molar-refractivity contribution is 7.92. The van der Waals surface area contributed by atoms with Crippen LogP contribution in [-0.2, 0) is 14.6 Å². The largest absolute Gasteiger partial charge is 0.573 e. The van der Waals surface area contributed by atoms with Crippen LogP contribution in [0.3, 0.4) is 0 Å². The molecule has 0 unspecified atom stereocenters. The van der Waals surface area contributed by atoms with Gasteiger partial charge < -0.3 is 15.0 Å². The number of piperidine rings is 1. The van der Waals surface area contributed by atoms with Gasteiger partial charge in [0, 0.05) is 25.7 Å². The number of ether oxygens (including phenoxy) is 1. The summed E-state index contributed by atoms with van der Waals surface area (Å²) < 4.78 is 64.6. The molecule has 11 heteroatoms. The zero-order valence-corrected chi connectivity index (χ0v) is 15.3. The third kappa shape index (κ3) is 5.84. The van der Waals surface area contributed by atoms with Crippen LogP contribution in [0, 0.1) is 0 Å². The summed E-state index contributed by atoms with van der Waals surface area (Å²) in [7, 11) is -2.25. The number of alkyl halides is 3. The molecule has 1 fully saturated rings. The van der Waals surface area contributed by atoms with Crippen molar-refractivity contribution >= 4 is 21.7 Å². The molecule has 0 saturated carbocycles. The maximum atomic E-state index is 12.4. The van der Waals surface area contributed by atoms with E-state index in [0.29, 0.717) is 0 Å². The van der Waals surface area contributed by atoms with E-state index in [9.17, 15) is 31.2 Å². The number of benzene rings is 1. The number of nitrogens with one attached hydrogen (secondary N) is 1. The second-order valence-electron chi connectivity index (χ2n) is 6.04. The normalized spacial score (nSPS) is 16.1. The first-order chi connectivity index (χ1) is 12.5.